The summed E-state index contributed by atoms with van der Waals surface area (Å²) in [6.45, 7) is 0. The van der Waals surface area contributed by atoms with Gasteiger partial charge in [0, 0.05) is 35.9 Å². The summed E-state index contributed by atoms with van der Waals surface area (Å²) < 4.78 is 1.82. The molecule has 1 N–H and O–H groups in total. The van der Waals surface area contributed by atoms with E-state index in [1.54, 1.807) is 18.6 Å². The van der Waals surface area contributed by atoms with Crippen LogP contribution in [-0.4, -0.2) is 25.7 Å². The number of hydrogen-bond acceptors (Lipinski definition) is 5. The van der Waals surface area contributed by atoms with Crippen LogP contribution in [0, 0.1) is 0 Å². The van der Waals surface area contributed by atoms with E-state index < -0.39 is 0 Å². The summed E-state index contributed by atoms with van der Waals surface area (Å²) in [7, 11) is 1.87. The van der Waals surface area contributed by atoms with Crippen molar-refractivity contribution < 1.29 is 4.79 Å². The van der Waals surface area contributed by atoms with E-state index in [9.17, 15) is 4.79 Å². The van der Waals surface area contributed by atoms with Crippen LogP contribution in [-0.2, 0) is 18.3 Å². The fourth-order valence-electron chi connectivity index (χ4n) is 2.32. The Kier molecular flexibility index (Phi) is 6.25. The number of carbonyl (C=O) groups excluding carboxylic acids is 1. The van der Waals surface area contributed by atoms with Crippen LogP contribution in [0.25, 0.3) is 0 Å². The number of nitrogens with zero attached hydrogens (tertiary/aromatic N) is 4. The lowest BCUT2D eigenvalue weighted by atomic mass is 10.1. The van der Waals surface area contributed by atoms with Gasteiger partial charge in [-0.2, -0.15) is 0 Å². The normalized spacial score (nSPS) is 10.7. The second-order valence-corrected chi connectivity index (χ2v) is 7.11. The summed E-state index contributed by atoms with van der Waals surface area (Å²) in [5, 5.41) is 12.1. The Bertz CT molecular complexity index is 884. The first-order valence-electron chi connectivity index (χ1n) is 8.13. The Hall–Kier alpha value is -2.38. The molecule has 0 aliphatic carbocycles. The zero-order valence-electron chi connectivity index (χ0n) is 14.2. The molecule has 0 bridgehead atoms. The Morgan fingerprint density at radius 2 is 2.19 bits per heavy atom. The van der Waals surface area contributed by atoms with Crippen LogP contribution in [0.2, 0.25) is 5.02 Å². The van der Waals surface area contributed by atoms with Gasteiger partial charge in [-0.25, -0.2) is 0 Å². The fraction of sp³-hybridized carbons (Fsp3) is 0.222. The van der Waals surface area contributed by atoms with Gasteiger partial charge in [0.15, 0.2) is 5.16 Å². The molecule has 26 heavy (non-hydrogen) atoms. The van der Waals surface area contributed by atoms with E-state index in [0.717, 1.165) is 28.6 Å². The average Bonchev–Trinajstić information content (AvgIpc) is 3.03. The van der Waals surface area contributed by atoms with Crippen LogP contribution in [0.5, 0.6) is 0 Å². The molecule has 8 heteroatoms. The van der Waals surface area contributed by atoms with E-state index >= 15 is 0 Å². The van der Waals surface area contributed by atoms with Crippen molar-refractivity contribution in [3.05, 3.63) is 59.6 Å². The summed E-state index contributed by atoms with van der Waals surface area (Å²) in [5.74, 6) is -0.0364. The molecular weight excluding hydrogens is 370 g/mol. The Morgan fingerprint density at radius 3 is 2.88 bits per heavy atom. The Morgan fingerprint density at radius 1 is 1.31 bits per heavy atom. The lowest BCUT2D eigenvalue weighted by molar-refractivity contribution is -0.116. The molecule has 0 aliphatic heterocycles. The van der Waals surface area contributed by atoms with Crippen molar-refractivity contribution in [1.82, 2.24) is 19.7 Å². The number of anilines is 1. The highest BCUT2D eigenvalue weighted by Gasteiger charge is 2.10. The molecule has 0 atom stereocenters. The van der Waals surface area contributed by atoms with E-state index in [1.165, 1.54) is 11.8 Å². The zero-order valence-corrected chi connectivity index (χ0v) is 15.8. The van der Waals surface area contributed by atoms with Crippen LogP contribution in [0.1, 0.15) is 18.5 Å². The van der Waals surface area contributed by atoms with Crippen LogP contribution < -0.4 is 5.32 Å². The third-order valence-corrected chi connectivity index (χ3v) is 5.20. The number of hydrogen-bond donors (Lipinski definition) is 1. The van der Waals surface area contributed by atoms with Crippen molar-refractivity contribution in [2.75, 3.05) is 5.32 Å². The minimum Gasteiger partial charge on any atom is -0.326 e. The van der Waals surface area contributed by atoms with Crippen molar-refractivity contribution in [3.8, 4) is 0 Å². The molecule has 0 unspecified atom stereocenters. The van der Waals surface area contributed by atoms with E-state index in [2.05, 4.69) is 20.5 Å². The molecule has 0 spiro atoms. The molecule has 6 nitrogen and oxygen atoms in total. The van der Waals surface area contributed by atoms with Gasteiger partial charge in [-0.15, -0.1) is 10.2 Å². The molecule has 1 aromatic carbocycles. The van der Waals surface area contributed by atoms with Gasteiger partial charge in [0.1, 0.15) is 6.33 Å². The molecule has 134 valence electrons. The lowest BCUT2D eigenvalue weighted by Crippen LogP contribution is -2.11. The van der Waals surface area contributed by atoms with Gasteiger partial charge >= 0.3 is 0 Å². The molecule has 1 amide bonds. The summed E-state index contributed by atoms with van der Waals surface area (Å²) in [6, 6.07) is 11.2. The number of benzene rings is 1. The number of pyridine rings is 1. The van der Waals surface area contributed by atoms with Gasteiger partial charge in [0.25, 0.3) is 0 Å². The highest BCUT2D eigenvalue weighted by atomic mass is 35.5. The Labute approximate surface area is 161 Å². The molecule has 3 aromatic rings. The number of amides is 1. The predicted molar refractivity (Wildman–Crippen MR) is 102 cm³/mol. The monoisotopic (exact) mass is 387 g/mol. The molecule has 3 rings (SSSR count). The van der Waals surface area contributed by atoms with Gasteiger partial charge in [0.05, 0.1) is 5.02 Å². The molecule has 2 aromatic heterocycles. The van der Waals surface area contributed by atoms with E-state index in [0.29, 0.717) is 17.1 Å². The quantitative estimate of drug-likeness (QED) is 0.663. The molecular formula is C18H18ClN5OS. The second kappa shape index (κ2) is 8.82. The number of aromatic nitrogens is 4. The summed E-state index contributed by atoms with van der Waals surface area (Å²) in [4.78, 5) is 17.2. The topological polar surface area (TPSA) is 72.7 Å². The van der Waals surface area contributed by atoms with Crippen LogP contribution >= 0.6 is 23.4 Å². The summed E-state index contributed by atoms with van der Waals surface area (Å²) in [5.41, 5.74) is 1.67. The van der Waals surface area contributed by atoms with E-state index in [-0.39, 0.29) is 5.91 Å². The average molecular weight is 388 g/mol. The van der Waals surface area contributed by atoms with Crippen LogP contribution in [0.3, 0.4) is 0 Å². The van der Waals surface area contributed by atoms with Gasteiger partial charge < -0.3 is 9.88 Å². The smallest absolute Gasteiger partial charge is 0.224 e. The van der Waals surface area contributed by atoms with E-state index in [4.69, 9.17) is 11.6 Å². The lowest BCUT2D eigenvalue weighted by Gasteiger charge is -2.08. The number of nitrogens with one attached hydrogen (secondary N) is 1. The molecule has 0 saturated heterocycles. The van der Waals surface area contributed by atoms with Crippen molar-refractivity contribution in [1.29, 1.82) is 0 Å². The predicted octanol–water partition coefficient (Wildman–Crippen LogP) is 3.98. The minimum atomic E-state index is -0.0364. The maximum atomic E-state index is 12.1. The minimum absolute atomic E-state index is 0.0364. The van der Waals surface area contributed by atoms with Gasteiger partial charge in [-0.1, -0.05) is 17.7 Å². The Balaban J connectivity index is 1.52. The van der Waals surface area contributed by atoms with Crippen LogP contribution in [0.4, 0.5) is 5.69 Å². The summed E-state index contributed by atoms with van der Waals surface area (Å²) in [6.07, 6.45) is 5.36. The SMILES string of the molecule is Cn1cnnc1Sc1ccc(NC(=O)CCCc2ccccn2)cc1Cl. The first-order valence-corrected chi connectivity index (χ1v) is 9.32. The molecule has 0 aliphatic rings. The molecule has 2 heterocycles. The number of aryl methyl sites for hydroxylation is 2. The highest BCUT2D eigenvalue weighted by Crippen LogP contribution is 2.33. The molecule has 0 saturated carbocycles. The number of halogens is 1. The zero-order chi connectivity index (χ0) is 18.4. The number of rotatable bonds is 7. The van der Waals surface area contributed by atoms with Crippen molar-refractivity contribution >= 4 is 35.0 Å². The van der Waals surface area contributed by atoms with Crippen molar-refractivity contribution in [3.63, 3.8) is 0 Å². The molecule has 0 fully saturated rings. The fourth-order valence-corrected chi connectivity index (χ4v) is 3.39. The van der Waals surface area contributed by atoms with Gasteiger partial charge in [-0.3, -0.25) is 9.78 Å². The third kappa shape index (κ3) is 5.06. The standard InChI is InChI=1S/C18H18ClN5OS/c1-24-12-21-23-18(24)26-16-9-8-14(11-15(16)19)22-17(25)7-4-6-13-5-2-3-10-20-13/h2-3,5,8-12H,4,6-7H2,1H3,(H,22,25). The largest absolute Gasteiger partial charge is 0.326 e. The van der Waals surface area contributed by atoms with Gasteiger partial charge in [-0.05, 0) is 54.9 Å². The number of carbonyl (C=O) groups is 1. The van der Waals surface area contributed by atoms with Gasteiger partial charge in [0.2, 0.25) is 5.91 Å². The first-order chi connectivity index (χ1) is 12.6. The summed E-state index contributed by atoms with van der Waals surface area (Å²) >= 11 is 7.75. The maximum Gasteiger partial charge on any atom is 0.224 e. The van der Waals surface area contributed by atoms with Crippen molar-refractivity contribution in [2.45, 2.75) is 29.3 Å². The third-order valence-electron chi connectivity index (χ3n) is 3.65. The van der Waals surface area contributed by atoms with Crippen molar-refractivity contribution in [2.24, 2.45) is 7.05 Å². The second-order valence-electron chi connectivity index (χ2n) is 5.69. The highest BCUT2D eigenvalue weighted by molar-refractivity contribution is 7.99. The molecule has 0 radical (unpaired) electrons. The maximum absolute atomic E-state index is 12.1. The van der Waals surface area contributed by atoms with E-state index in [1.807, 2.05) is 41.9 Å². The van der Waals surface area contributed by atoms with Crippen LogP contribution in [0.15, 0.2) is 59.0 Å². The first kappa shape index (κ1) is 18.4.